The smallest absolute Gasteiger partial charge is 0.272 e. The summed E-state index contributed by atoms with van der Waals surface area (Å²) in [5.74, 6) is 0.373. The molecule has 0 bridgehead atoms. The van der Waals surface area contributed by atoms with E-state index in [-0.39, 0.29) is 21.8 Å². The van der Waals surface area contributed by atoms with Gasteiger partial charge in [-0.05, 0) is 25.2 Å². The van der Waals surface area contributed by atoms with Gasteiger partial charge in [0.2, 0.25) is 0 Å². The van der Waals surface area contributed by atoms with Gasteiger partial charge in [0.05, 0.1) is 26.8 Å². The third kappa shape index (κ3) is 3.49. The molecule has 7 heteroatoms. The zero-order chi connectivity index (χ0) is 14.0. The lowest BCUT2D eigenvalue weighted by Gasteiger charge is -2.14. The zero-order valence-electron chi connectivity index (χ0n) is 10.1. The van der Waals surface area contributed by atoms with Crippen molar-refractivity contribution < 1.29 is 10.0 Å². The number of nitro benzene ring substituents is 1. The Morgan fingerprint density at radius 1 is 1.37 bits per heavy atom. The number of anilines is 1. The number of benzene rings is 1. The highest BCUT2D eigenvalue weighted by Gasteiger charge is 2.23. The summed E-state index contributed by atoms with van der Waals surface area (Å²) in [7, 11) is 0. The highest BCUT2D eigenvalue weighted by molar-refractivity contribution is 6.39. The fraction of sp³-hybridized carbons (Fsp3) is 0.500. The second-order valence-corrected chi connectivity index (χ2v) is 5.57. The van der Waals surface area contributed by atoms with Crippen LogP contribution in [0.15, 0.2) is 12.1 Å². The zero-order valence-corrected chi connectivity index (χ0v) is 11.6. The molecule has 0 amide bonds. The molecule has 1 aliphatic rings. The van der Waals surface area contributed by atoms with Gasteiger partial charge in [-0.2, -0.15) is 0 Å². The molecule has 0 aliphatic heterocycles. The van der Waals surface area contributed by atoms with E-state index in [1.165, 1.54) is 12.1 Å². The molecule has 2 atom stereocenters. The van der Waals surface area contributed by atoms with Crippen molar-refractivity contribution in [3.05, 3.63) is 32.3 Å². The molecule has 0 aromatic heterocycles. The molecule has 2 rings (SSSR count). The van der Waals surface area contributed by atoms with Gasteiger partial charge in [0, 0.05) is 18.7 Å². The van der Waals surface area contributed by atoms with Crippen LogP contribution in [0.2, 0.25) is 10.0 Å². The predicted molar refractivity (Wildman–Crippen MR) is 75.0 cm³/mol. The van der Waals surface area contributed by atoms with Crippen LogP contribution in [0, 0.1) is 16.0 Å². The van der Waals surface area contributed by atoms with Crippen LogP contribution in [-0.2, 0) is 0 Å². The van der Waals surface area contributed by atoms with E-state index in [9.17, 15) is 15.2 Å². The van der Waals surface area contributed by atoms with Crippen LogP contribution in [0.1, 0.15) is 19.3 Å². The van der Waals surface area contributed by atoms with Crippen molar-refractivity contribution in [3.8, 4) is 0 Å². The number of nitro groups is 1. The quantitative estimate of drug-likeness (QED) is 0.659. The maximum atomic E-state index is 10.7. The van der Waals surface area contributed by atoms with Gasteiger partial charge in [-0.15, -0.1) is 0 Å². The summed E-state index contributed by atoms with van der Waals surface area (Å²) in [5, 5.41) is 23.7. The molecule has 1 aliphatic carbocycles. The largest absolute Gasteiger partial charge is 0.393 e. The van der Waals surface area contributed by atoms with Crippen LogP contribution in [0.5, 0.6) is 0 Å². The van der Waals surface area contributed by atoms with Gasteiger partial charge < -0.3 is 10.4 Å². The Balaban J connectivity index is 2.06. The number of aliphatic hydroxyl groups is 1. The molecule has 104 valence electrons. The molecule has 19 heavy (non-hydrogen) atoms. The lowest BCUT2D eigenvalue weighted by atomic mass is 10.1. The second-order valence-electron chi connectivity index (χ2n) is 4.76. The minimum atomic E-state index is -0.533. The van der Waals surface area contributed by atoms with Crippen LogP contribution in [0.3, 0.4) is 0 Å². The van der Waals surface area contributed by atoms with Crippen LogP contribution in [0.4, 0.5) is 11.4 Å². The standard InChI is InChI=1S/C12H14Cl2N2O3/c13-10-4-8(16(18)19)5-11(14)12(10)15-6-7-1-2-9(17)3-7/h4-5,7,9,15,17H,1-3,6H2. The topological polar surface area (TPSA) is 75.4 Å². The van der Waals surface area contributed by atoms with E-state index in [0.29, 0.717) is 18.2 Å². The Morgan fingerprint density at radius 2 is 2.00 bits per heavy atom. The molecule has 1 fully saturated rings. The van der Waals surface area contributed by atoms with Gasteiger partial charge in [-0.25, -0.2) is 0 Å². The van der Waals surface area contributed by atoms with E-state index in [4.69, 9.17) is 23.2 Å². The molecule has 1 aromatic rings. The van der Waals surface area contributed by atoms with E-state index in [1.807, 2.05) is 0 Å². The Labute approximate surface area is 120 Å². The number of halogens is 2. The molecule has 2 unspecified atom stereocenters. The maximum Gasteiger partial charge on any atom is 0.272 e. The molecular weight excluding hydrogens is 291 g/mol. The Bertz CT molecular complexity index is 473. The van der Waals surface area contributed by atoms with Crippen molar-refractivity contribution in [2.24, 2.45) is 5.92 Å². The van der Waals surface area contributed by atoms with E-state index < -0.39 is 4.92 Å². The molecule has 0 spiro atoms. The number of hydrogen-bond acceptors (Lipinski definition) is 4. The highest BCUT2D eigenvalue weighted by Crippen LogP contribution is 2.35. The monoisotopic (exact) mass is 304 g/mol. The molecule has 1 aromatic carbocycles. The minimum absolute atomic E-state index is 0.128. The summed E-state index contributed by atoms with van der Waals surface area (Å²) in [6.07, 6.45) is 2.30. The van der Waals surface area contributed by atoms with Crippen LogP contribution in [-0.4, -0.2) is 22.7 Å². The molecule has 5 nitrogen and oxygen atoms in total. The van der Waals surface area contributed by atoms with Crippen molar-refractivity contribution >= 4 is 34.6 Å². The van der Waals surface area contributed by atoms with Crippen LogP contribution >= 0.6 is 23.2 Å². The lowest BCUT2D eigenvalue weighted by Crippen LogP contribution is -2.13. The first-order valence-electron chi connectivity index (χ1n) is 6.02. The van der Waals surface area contributed by atoms with Crippen molar-refractivity contribution in [1.29, 1.82) is 0 Å². The third-order valence-electron chi connectivity index (χ3n) is 3.32. The first-order valence-corrected chi connectivity index (χ1v) is 6.78. The van der Waals surface area contributed by atoms with Crippen LogP contribution < -0.4 is 5.32 Å². The van der Waals surface area contributed by atoms with Gasteiger partial charge in [-0.1, -0.05) is 23.2 Å². The van der Waals surface area contributed by atoms with E-state index in [1.54, 1.807) is 0 Å². The molecule has 0 saturated heterocycles. The number of hydrogen-bond donors (Lipinski definition) is 2. The van der Waals surface area contributed by atoms with E-state index in [0.717, 1.165) is 19.3 Å². The Morgan fingerprint density at radius 3 is 2.47 bits per heavy atom. The van der Waals surface area contributed by atoms with Crippen LogP contribution in [0.25, 0.3) is 0 Å². The molecule has 1 saturated carbocycles. The summed E-state index contributed by atoms with van der Waals surface area (Å²) in [5.41, 5.74) is 0.382. The van der Waals surface area contributed by atoms with E-state index in [2.05, 4.69) is 5.32 Å². The van der Waals surface area contributed by atoms with Crippen molar-refractivity contribution in [1.82, 2.24) is 0 Å². The molecule has 2 N–H and O–H groups in total. The number of nitrogens with one attached hydrogen (secondary N) is 1. The Kier molecular flexibility index (Phi) is 4.50. The normalized spacial score (nSPS) is 22.5. The van der Waals surface area contributed by atoms with Crippen molar-refractivity contribution in [2.75, 3.05) is 11.9 Å². The van der Waals surface area contributed by atoms with Crippen molar-refractivity contribution in [2.45, 2.75) is 25.4 Å². The molecular formula is C12H14Cl2N2O3. The van der Waals surface area contributed by atoms with E-state index >= 15 is 0 Å². The summed E-state index contributed by atoms with van der Waals surface area (Å²) < 4.78 is 0. The number of rotatable bonds is 4. The minimum Gasteiger partial charge on any atom is -0.393 e. The molecule has 0 radical (unpaired) electrons. The fourth-order valence-electron chi connectivity index (χ4n) is 2.31. The highest BCUT2D eigenvalue weighted by atomic mass is 35.5. The van der Waals surface area contributed by atoms with Gasteiger partial charge in [-0.3, -0.25) is 10.1 Å². The summed E-state index contributed by atoms with van der Waals surface area (Å²) >= 11 is 12.0. The second kappa shape index (κ2) is 5.94. The average Bonchev–Trinajstić information content (AvgIpc) is 2.73. The average molecular weight is 305 g/mol. The number of aliphatic hydroxyl groups excluding tert-OH is 1. The first-order chi connectivity index (χ1) is 8.97. The van der Waals surface area contributed by atoms with Gasteiger partial charge in [0.25, 0.3) is 5.69 Å². The van der Waals surface area contributed by atoms with Gasteiger partial charge >= 0.3 is 0 Å². The summed E-state index contributed by atoms with van der Waals surface area (Å²) in [4.78, 5) is 10.1. The van der Waals surface area contributed by atoms with Gasteiger partial charge in [0.1, 0.15) is 0 Å². The number of non-ortho nitro benzene ring substituents is 1. The predicted octanol–water partition coefficient (Wildman–Crippen LogP) is 3.47. The summed E-state index contributed by atoms with van der Waals surface area (Å²) in [6, 6.07) is 2.55. The molecule has 0 heterocycles. The fourth-order valence-corrected chi connectivity index (χ4v) is 2.92. The summed E-state index contributed by atoms with van der Waals surface area (Å²) in [6.45, 7) is 0.647. The first kappa shape index (κ1) is 14.4. The third-order valence-corrected chi connectivity index (χ3v) is 3.91. The number of nitrogens with zero attached hydrogens (tertiary/aromatic N) is 1. The van der Waals surface area contributed by atoms with Crippen molar-refractivity contribution in [3.63, 3.8) is 0 Å². The lowest BCUT2D eigenvalue weighted by molar-refractivity contribution is -0.384. The SMILES string of the molecule is O=[N+]([O-])c1cc(Cl)c(NCC2CCC(O)C2)c(Cl)c1. The Hall–Kier alpha value is -1.04. The maximum absolute atomic E-state index is 10.7. The van der Waals surface area contributed by atoms with Gasteiger partial charge in [0.15, 0.2) is 0 Å².